The Hall–Kier alpha value is -3.45. The van der Waals surface area contributed by atoms with E-state index in [-0.39, 0.29) is 18.5 Å². The summed E-state index contributed by atoms with van der Waals surface area (Å²) >= 11 is 5.98. The van der Waals surface area contributed by atoms with Crippen LogP contribution in [0.5, 0.6) is 0 Å². The van der Waals surface area contributed by atoms with Gasteiger partial charge in [-0.05, 0) is 37.1 Å². The SMILES string of the molecule is CN(CC(=O)NC1CC1)C(=O)COC(=O)c1cc(-c2ccc(Cl)cc2)nc2ccccc12. The zero-order valence-electron chi connectivity index (χ0n) is 17.5. The van der Waals surface area contributed by atoms with Gasteiger partial charge >= 0.3 is 5.97 Å². The number of aromatic nitrogens is 1. The van der Waals surface area contributed by atoms with E-state index in [0.29, 0.717) is 27.2 Å². The van der Waals surface area contributed by atoms with Gasteiger partial charge in [0.2, 0.25) is 5.91 Å². The van der Waals surface area contributed by atoms with E-state index in [0.717, 1.165) is 18.4 Å². The van der Waals surface area contributed by atoms with Gasteiger partial charge in [0, 0.05) is 29.1 Å². The minimum Gasteiger partial charge on any atom is -0.452 e. The first kappa shape index (κ1) is 21.8. The molecular weight excluding hydrogens is 430 g/mol. The van der Waals surface area contributed by atoms with Crippen LogP contribution in [0.25, 0.3) is 22.2 Å². The smallest absolute Gasteiger partial charge is 0.339 e. The lowest BCUT2D eigenvalue weighted by Crippen LogP contribution is -2.40. The van der Waals surface area contributed by atoms with Crippen molar-refractivity contribution in [2.45, 2.75) is 18.9 Å². The highest BCUT2D eigenvalue weighted by atomic mass is 35.5. The fourth-order valence-electron chi connectivity index (χ4n) is 3.23. The van der Waals surface area contributed by atoms with Crippen LogP contribution in [-0.4, -0.2) is 53.9 Å². The van der Waals surface area contributed by atoms with Gasteiger partial charge in [0.25, 0.3) is 5.91 Å². The van der Waals surface area contributed by atoms with Gasteiger partial charge < -0.3 is 15.0 Å². The van der Waals surface area contributed by atoms with Crippen LogP contribution in [0.2, 0.25) is 5.02 Å². The molecule has 1 aliphatic carbocycles. The van der Waals surface area contributed by atoms with Crippen LogP contribution < -0.4 is 5.32 Å². The van der Waals surface area contributed by atoms with E-state index in [4.69, 9.17) is 16.3 Å². The predicted octanol–water partition coefficient (Wildman–Crippen LogP) is 3.45. The van der Waals surface area contributed by atoms with Crippen molar-refractivity contribution in [1.29, 1.82) is 0 Å². The number of benzene rings is 2. The van der Waals surface area contributed by atoms with Gasteiger partial charge in [-0.15, -0.1) is 0 Å². The molecule has 0 bridgehead atoms. The highest BCUT2D eigenvalue weighted by Crippen LogP contribution is 2.26. The highest BCUT2D eigenvalue weighted by Gasteiger charge is 2.24. The number of carbonyl (C=O) groups is 3. The molecule has 1 aliphatic rings. The Kier molecular flexibility index (Phi) is 6.37. The van der Waals surface area contributed by atoms with E-state index in [1.54, 1.807) is 30.3 Å². The third kappa shape index (κ3) is 5.23. The molecule has 7 nitrogen and oxygen atoms in total. The predicted molar refractivity (Wildman–Crippen MR) is 121 cm³/mol. The molecule has 0 unspecified atom stereocenters. The van der Waals surface area contributed by atoms with Crippen molar-refractivity contribution in [2.75, 3.05) is 20.2 Å². The fraction of sp³-hybridized carbons (Fsp3) is 0.250. The first-order valence-electron chi connectivity index (χ1n) is 10.3. The Bertz CT molecular complexity index is 1180. The molecule has 2 amide bonds. The van der Waals surface area contributed by atoms with Gasteiger partial charge in [-0.2, -0.15) is 0 Å². The van der Waals surface area contributed by atoms with Gasteiger partial charge in [0.1, 0.15) is 0 Å². The maximum absolute atomic E-state index is 12.9. The summed E-state index contributed by atoms with van der Waals surface area (Å²) in [6.07, 6.45) is 1.94. The van der Waals surface area contributed by atoms with E-state index in [9.17, 15) is 14.4 Å². The number of fused-ring (bicyclic) bond motifs is 1. The van der Waals surface area contributed by atoms with E-state index < -0.39 is 18.5 Å². The molecule has 1 aromatic heterocycles. The largest absolute Gasteiger partial charge is 0.452 e. The molecule has 164 valence electrons. The minimum atomic E-state index is -0.636. The van der Waals surface area contributed by atoms with Crippen molar-refractivity contribution in [3.63, 3.8) is 0 Å². The number of likely N-dealkylation sites (N-methyl/N-ethyl adjacent to an activating group) is 1. The maximum Gasteiger partial charge on any atom is 0.339 e. The Morgan fingerprint density at radius 1 is 1.12 bits per heavy atom. The third-order valence-corrected chi connectivity index (χ3v) is 5.40. The lowest BCUT2D eigenvalue weighted by molar-refractivity contribution is -0.137. The second-order valence-electron chi connectivity index (χ2n) is 7.75. The monoisotopic (exact) mass is 451 g/mol. The molecule has 0 radical (unpaired) electrons. The first-order valence-corrected chi connectivity index (χ1v) is 10.6. The standard InChI is InChI=1S/C24H22ClN3O4/c1-28(13-22(29)26-17-10-11-17)23(30)14-32-24(31)19-12-21(15-6-8-16(25)9-7-15)27-20-5-3-2-4-18(19)20/h2-9,12,17H,10-11,13-14H2,1H3,(H,26,29). The van der Waals surface area contributed by atoms with E-state index in [1.807, 2.05) is 24.3 Å². The summed E-state index contributed by atoms with van der Waals surface area (Å²) < 4.78 is 5.29. The van der Waals surface area contributed by atoms with E-state index >= 15 is 0 Å². The van der Waals surface area contributed by atoms with Crippen molar-refractivity contribution in [2.24, 2.45) is 0 Å². The number of esters is 1. The van der Waals surface area contributed by atoms with Crippen LogP contribution in [0.15, 0.2) is 54.6 Å². The summed E-state index contributed by atoms with van der Waals surface area (Å²) in [6, 6.07) is 16.2. The number of rotatable bonds is 7. The number of amides is 2. The second kappa shape index (κ2) is 9.36. The topological polar surface area (TPSA) is 88.6 Å². The van der Waals surface area contributed by atoms with Crippen LogP contribution in [0.4, 0.5) is 0 Å². The molecule has 1 saturated carbocycles. The van der Waals surface area contributed by atoms with Crippen LogP contribution >= 0.6 is 11.6 Å². The van der Waals surface area contributed by atoms with Crippen LogP contribution in [0.1, 0.15) is 23.2 Å². The van der Waals surface area contributed by atoms with Gasteiger partial charge in [-0.25, -0.2) is 9.78 Å². The van der Waals surface area contributed by atoms with Crippen LogP contribution in [0, 0.1) is 0 Å². The van der Waals surface area contributed by atoms with Crippen molar-refractivity contribution in [3.05, 3.63) is 65.2 Å². The second-order valence-corrected chi connectivity index (χ2v) is 8.18. The molecule has 2 aromatic carbocycles. The first-order chi connectivity index (χ1) is 15.4. The summed E-state index contributed by atoms with van der Waals surface area (Å²) in [7, 11) is 1.50. The molecule has 8 heteroatoms. The summed E-state index contributed by atoms with van der Waals surface area (Å²) in [5, 5.41) is 4.04. The summed E-state index contributed by atoms with van der Waals surface area (Å²) in [5.41, 5.74) is 2.33. The third-order valence-electron chi connectivity index (χ3n) is 5.15. The van der Waals surface area contributed by atoms with Crippen molar-refractivity contribution < 1.29 is 19.1 Å². The number of nitrogens with zero attached hydrogens (tertiary/aromatic N) is 2. The molecule has 0 atom stereocenters. The lowest BCUT2D eigenvalue weighted by Gasteiger charge is -2.17. The Balaban J connectivity index is 1.49. The number of nitrogens with one attached hydrogen (secondary N) is 1. The Labute approximate surface area is 190 Å². The van der Waals surface area contributed by atoms with Crippen molar-refractivity contribution >= 4 is 40.3 Å². The van der Waals surface area contributed by atoms with Crippen LogP contribution in [-0.2, 0) is 14.3 Å². The Morgan fingerprint density at radius 2 is 1.84 bits per heavy atom. The molecular formula is C24H22ClN3O4. The molecule has 4 rings (SSSR count). The summed E-state index contributed by atoms with van der Waals surface area (Å²) in [5.74, 6) is -1.31. The van der Waals surface area contributed by atoms with E-state index in [1.165, 1.54) is 11.9 Å². The molecule has 1 N–H and O–H groups in total. The number of halogens is 1. The molecule has 3 aromatic rings. The van der Waals surface area contributed by atoms with Gasteiger partial charge in [0.15, 0.2) is 6.61 Å². The number of hydrogen-bond donors (Lipinski definition) is 1. The number of carbonyl (C=O) groups excluding carboxylic acids is 3. The molecule has 0 saturated heterocycles. The van der Waals surface area contributed by atoms with Crippen LogP contribution in [0.3, 0.4) is 0 Å². The highest BCUT2D eigenvalue weighted by molar-refractivity contribution is 6.30. The zero-order valence-corrected chi connectivity index (χ0v) is 18.3. The number of ether oxygens (including phenoxy) is 1. The van der Waals surface area contributed by atoms with Crippen molar-refractivity contribution in [3.8, 4) is 11.3 Å². The summed E-state index contributed by atoms with van der Waals surface area (Å²) in [4.78, 5) is 43.0. The fourth-order valence-corrected chi connectivity index (χ4v) is 3.36. The Morgan fingerprint density at radius 3 is 2.56 bits per heavy atom. The maximum atomic E-state index is 12.9. The number of hydrogen-bond acceptors (Lipinski definition) is 5. The van der Waals surface area contributed by atoms with Gasteiger partial charge in [-0.1, -0.05) is 41.9 Å². The number of pyridine rings is 1. The summed E-state index contributed by atoms with van der Waals surface area (Å²) in [6.45, 7) is -0.537. The van der Waals surface area contributed by atoms with Gasteiger partial charge in [-0.3, -0.25) is 9.59 Å². The molecule has 0 aliphatic heterocycles. The minimum absolute atomic E-state index is 0.0776. The molecule has 32 heavy (non-hydrogen) atoms. The lowest BCUT2D eigenvalue weighted by atomic mass is 10.0. The number of para-hydroxylation sites is 1. The van der Waals surface area contributed by atoms with Crippen molar-refractivity contribution in [1.82, 2.24) is 15.2 Å². The normalized spacial score (nSPS) is 12.9. The zero-order chi connectivity index (χ0) is 22.7. The molecule has 0 spiro atoms. The van der Waals surface area contributed by atoms with E-state index in [2.05, 4.69) is 10.3 Å². The molecule has 1 heterocycles. The van der Waals surface area contributed by atoms with Gasteiger partial charge in [0.05, 0.1) is 23.3 Å². The average Bonchev–Trinajstić information content (AvgIpc) is 3.60. The quantitative estimate of drug-likeness (QED) is 0.556. The average molecular weight is 452 g/mol. The molecule has 1 fully saturated rings.